The SMILES string of the molecule is COc1ccccc1N1CCN(CC(=O)Nc2ccc(F)cc2F)CC1. The van der Waals surface area contributed by atoms with Gasteiger partial charge < -0.3 is 15.0 Å². The Morgan fingerprint density at radius 3 is 2.54 bits per heavy atom. The Kier molecular flexibility index (Phi) is 5.68. The molecule has 0 radical (unpaired) electrons. The predicted molar refractivity (Wildman–Crippen MR) is 96.6 cm³/mol. The van der Waals surface area contributed by atoms with Crippen LogP contribution in [0, 0.1) is 11.6 Å². The number of hydrogen-bond donors (Lipinski definition) is 1. The number of methoxy groups -OCH3 is 1. The van der Waals surface area contributed by atoms with Crippen molar-refractivity contribution >= 4 is 17.3 Å². The molecular weight excluding hydrogens is 340 g/mol. The number of nitrogens with one attached hydrogen (secondary N) is 1. The Morgan fingerprint density at radius 1 is 1.12 bits per heavy atom. The first-order chi connectivity index (χ1) is 12.6. The van der Waals surface area contributed by atoms with Crippen molar-refractivity contribution in [1.29, 1.82) is 0 Å². The van der Waals surface area contributed by atoms with Gasteiger partial charge in [-0.1, -0.05) is 12.1 Å². The molecule has 0 saturated carbocycles. The van der Waals surface area contributed by atoms with Crippen LogP contribution in [-0.2, 0) is 4.79 Å². The van der Waals surface area contributed by atoms with Crippen LogP contribution in [0.25, 0.3) is 0 Å². The van der Waals surface area contributed by atoms with Gasteiger partial charge in [0, 0.05) is 32.2 Å². The number of halogens is 2. The fraction of sp³-hybridized carbons (Fsp3) is 0.316. The minimum atomic E-state index is -0.778. The summed E-state index contributed by atoms with van der Waals surface area (Å²) in [7, 11) is 1.65. The first-order valence-corrected chi connectivity index (χ1v) is 8.42. The van der Waals surface area contributed by atoms with Crippen molar-refractivity contribution in [3.63, 3.8) is 0 Å². The molecule has 26 heavy (non-hydrogen) atoms. The normalized spacial score (nSPS) is 15.0. The first kappa shape index (κ1) is 18.1. The van der Waals surface area contributed by atoms with E-state index in [0.29, 0.717) is 13.1 Å². The zero-order valence-corrected chi connectivity index (χ0v) is 14.5. The maximum atomic E-state index is 13.6. The second kappa shape index (κ2) is 8.14. The van der Waals surface area contributed by atoms with Crippen molar-refractivity contribution in [3.05, 3.63) is 54.1 Å². The maximum absolute atomic E-state index is 13.6. The number of piperazine rings is 1. The number of hydrogen-bond acceptors (Lipinski definition) is 4. The van der Waals surface area contributed by atoms with E-state index in [1.165, 1.54) is 6.07 Å². The van der Waals surface area contributed by atoms with Crippen LogP contribution in [0.2, 0.25) is 0 Å². The highest BCUT2D eigenvalue weighted by Crippen LogP contribution is 2.28. The van der Waals surface area contributed by atoms with Gasteiger partial charge in [0.05, 0.1) is 25.0 Å². The van der Waals surface area contributed by atoms with Gasteiger partial charge in [-0.25, -0.2) is 8.78 Å². The molecule has 1 saturated heterocycles. The minimum Gasteiger partial charge on any atom is -0.495 e. The summed E-state index contributed by atoms with van der Waals surface area (Å²) >= 11 is 0. The highest BCUT2D eigenvalue weighted by molar-refractivity contribution is 5.92. The Bertz CT molecular complexity index is 777. The second-order valence-corrected chi connectivity index (χ2v) is 6.11. The van der Waals surface area contributed by atoms with Crippen LogP contribution in [0.5, 0.6) is 5.75 Å². The molecule has 1 fully saturated rings. The van der Waals surface area contributed by atoms with E-state index >= 15 is 0 Å². The van der Waals surface area contributed by atoms with E-state index in [-0.39, 0.29) is 18.1 Å². The van der Waals surface area contributed by atoms with E-state index in [1.807, 2.05) is 29.2 Å². The van der Waals surface area contributed by atoms with Crippen molar-refractivity contribution in [3.8, 4) is 5.75 Å². The van der Waals surface area contributed by atoms with E-state index < -0.39 is 11.6 Å². The van der Waals surface area contributed by atoms with E-state index in [4.69, 9.17) is 4.74 Å². The van der Waals surface area contributed by atoms with Crippen LogP contribution in [0.4, 0.5) is 20.2 Å². The molecule has 5 nitrogen and oxygen atoms in total. The summed E-state index contributed by atoms with van der Waals surface area (Å²) in [6, 6.07) is 10.9. The Labute approximate surface area is 151 Å². The van der Waals surface area contributed by atoms with Crippen LogP contribution >= 0.6 is 0 Å². The van der Waals surface area contributed by atoms with Gasteiger partial charge in [-0.2, -0.15) is 0 Å². The van der Waals surface area contributed by atoms with Crippen molar-refractivity contribution in [1.82, 2.24) is 4.90 Å². The van der Waals surface area contributed by atoms with Crippen LogP contribution in [0.1, 0.15) is 0 Å². The van der Waals surface area contributed by atoms with Gasteiger partial charge in [0.25, 0.3) is 0 Å². The number of carbonyl (C=O) groups is 1. The minimum absolute atomic E-state index is 0.0101. The molecule has 0 unspecified atom stereocenters. The molecule has 3 rings (SSSR count). The second-order valence-electron chi connectivity index (χ2n) is 6.11. The number of benzene rings is 2. The lowest BCUT2D eigenvalue weighted by Gasteiger charge is -2.36. The van der Waals surface area contributed by atoms with Crippen LogP contribution in [0.15, 0.2) is 42.5 Å². The molecule has 0 aromatic heterocycles. The van der Waals surface area contributed by atoms with E-state index in [9.17, 15) is 13.6 Å². The van der Waals surface area contributed by atoms with Gasteiger partial charge in [0.2, 0.25) is 5.91 Å². The summed E-state index contributed by atoms with van der Waals surface area (Å²) in [6.45, 7) is 3.10. The molecule has 1 aliphatic rings. The number of para-hydroxylation sites is 2. The molecule has 2 aromatic carbocycles. The molecule has 0 bridgehead atoms. The van der Waals surface area contributed by atoms with Gasteiger partial charge >= 0.3 is 0 Å². The van der Waals surface area contributed by atoms with Crippen molar-refractivity contribution < 1.29 is 18.3 Å². The largest absolute Gasteiger partial charge is 0.495 e. The van der Waals surface area contributed by atoms with Gasteiger partial charge in [-0.15, -0.1) is 0 Å². The highest BCUT2D eigenvalue weighted by atomic mass is 19.1. The summed E-state index contributed by atoms with van der Waals surface area (Å²) in [6.07, 6.45) is 0. The van der Waals surface area contributed by atoms with Gasteiger partial charge in [0.1, 0.15) is 17.4 Å². The fourth-order valence-corrected chi connectivity index (χ4v) is 3.02. The summed E-state index contributed by atoms with van der Waals surface area (Å²) < 4.78 is 31.9. The number of ether oxygens (including phenoxy) is 1. The number of rotatable bonds is 5. The summed E-state index contributed by atoms with van der Waals surface area (Å²) in [5.74, 6) is -0.945. The number of carbonyl (C=O) groups excluding carboxylic acids is 1. The lowest BCUT2D eigenvalue weighted by atomic mass is 10.2. The van der Waals surface area contributed by atoms with E-state index in [1.54, 1.807) is 7.11 Å². The third-order valence-electron chi connectivity index (χ3n) is 4.37. The van der Waals surface area contributed by atoms with Crippen molar-refractivity contribution in [2.75, 3.05) is 50.1 Å². The Morgan fingerprint density at radius 2 is 1.85 bits per heavy atom. The molecule has 1 amide bonds. The van der Waals surface area contributed by atoms with E-state index in [0.717, 1.165) is 36.7 Å². The quantitative estimate of drug-likeness (QED) is 0.890. The molecule has 1 N–H and O–H groups in total. The lowest BCUT2D eigenvalue weighted by molar-refractivity contribution is -0.117. The molecule has 0 spiro atoms. The van der Waals surface area contributed by atoms with E-state index in [2.05, 4.69) is 10.2 Å². The molecule has 1 aliphatic heterocycles. The Balaban J connectivity index is 1.53. The first-order valence-electron chi connectivity index (χ1n) is 8.42. The number of nitrogens with zero attached hydrogens (tertiary/aromatic N) is 2. The molecule has 0 atom stereocenters. The van der Waals surface area contributed by atoms with Gasteiger partial charge in [-0.3, -0.25) is 9.69 Å². The van der Waals surface area contributed by atoms with Crippen molar-refractivity contribution in [2.24, 2.45) is 0 Å². The predicted octanol–water partition coefficient (Wildman–Crippen LogP) is 2.73. The smallest absolute Gasteiger partial charge is 0.238 e. The average molecular weight is 361 g/mol. The van der Waals surface area contributed by atoms with Crippen LogP contribution < -0.4 is 15.0 Å². The third kappa shape index (κ3) is 4.29. The summed E-state index contributed by atoms with van der Waals surface area (Å²) in [5.41, 5.74) is 1.02. The van der Waals surface area contributed by atoms with Crippen LogP contribution in [0.3, 0.4) is 0 Å². The fourth-order valence-electron chi connectivity index (χ4n) is 3.02. The third-order valence-corrected chi connectivity index (χ3v) is 4.37. The molecule has 1 heterocycles. The highest BCUT2D eigenvalue weighted by Gasteiger charge is 2.21. The average Bonchev–Trinajstić information content (AvgIpc) is 2.64. The zero-order chi connectivity index (χ0) is 18.5. The number of anilines is 2. The standard InChI is InChI=1S/C19H21F2N3O2/c1-26-18-5-3-2-4-17(18)24-10-8-23(9-11-24)13-19(25)22-16-7-6-14(20)12-15(16)21/h2-7,12H,8-11,13H2,1H3,(H,22,25). The maximum Gasteiger partial charge on any atom is 0.238 e. The van der Waals surface area contributed by atoms with Crippen LogP contribution in [-0.4, -0.2) is 50.6 Å². The number of amides is 1. The monoisotopic (exact) mass is 361 g/mol. The van der Waals surface area contributed by atoms with Gasteiger partial charge in [-0.05, 0) is 24.3 Å². The van der Waals surface area contributed by atoms with Gasteiger partial charge in [0.15, 0.2) is 0 Å². The molecule has 7 heteroatoms. The summed E-state index contributed by atoms with van der Waals surface area (Å²) in [4.78, 5) is 16.3. The molecule has 2 aromatic rings. The van der Waals surface area contributed by atoms with Crippen molar-refractivity contribution in [2.45, 2.75) is 0 Å². The Hall–Kier alpha value is -2.67. The zero-order valence-electron chi connectivity index (χ0n) is 14.5. The molecule has 0 aliphatic carbocycles. The lowest BCUT2D eigenvalue weighted by Crippen LogP contribution is -2.48. The molecule has 138 valence electrons. The molecular formula is C19H21F2N3O2. The topological polar surface area (TPSA) is 44.8 Å². The summed E-state index contributed by atoms with van der Waals surface area (Å²) in [5, 5.41) is 2.49.